The van der Waals surface area contributed by atoms with Crippen molar-refractivity contribution in [2.45, 2.75) is 139 Å². The highest BCUT2D eigenvalue weighted by molar-refractivity contribution is 7.93. The van der Waals surface area contributed by atoms with E-state index in [1.807, 2.05) is 0 Å². The standard InChI is InChI=1S/2C22H26ClF3N4O6S/c2*1-4-29-12-17(20(23)28-29)37(34,35)30-11-13(5-6-18(31)32)7-15-16(30)8-14(10-27-15)9-19(33)36-21(2,3)22(24,25)26/h2*8,10,12-13H,4-7,9,11H2,1-3H3,(H,31,32)/t2*13-/m10/s1. The van der Waals surface area contributed by atoms with Gasteiger partial charge in [-0.1, -0.05) is 23.2 Å². The largest absolute Gasteiger partial charge is 0.481 e. The molecule has 408 valence electrons. The number of rotatable bonds is 18. The van der Waals surface area contributed by atoms with Crippen molar-refractivity contribution in [3.63, 3.8) is 0 Å². The lowest BCUT2D eigenvalue weighted by Gasteiger charge is -2.34. The average Bonchev–Trinajstić information content (AvgIpc) is 3.88. The van der Waals surface area contributed by atoms with Gasteiger partial charge < -0.3 is 19.7 Å². The van der Waals surface area contributed by atoms with Crippen LogP contribution in [0.4, 0.5) is 37.7 Å². The molecule has 0 saturated heterocycles. The second-order valence-electron chi connectivity index (χ2n) is 18.3. The monoisotopic (exact) mass is 1130 g/mol. The number of carboxylic acids is 2. The number of pyridine rings is 2. The van der Waals surface area contributed by atoms with Crippen LogP contribution in [0.5, 0.6) is 0 Å². The van der Waals surface area contributed by atoms with Crippen LogP contribution >= 0.6 is 23.2 Å². The summed E-state index contributed by atoms with van der Waals surface area (Å²) in [5, 5.41) is 25.6. The number of carbonyl (C=O) groups excluding carboxylic acids is 2. The van der Waals surface area contributed by atoms with E-state index in [0.29, 0.717) is 24.5 Å². The fourth-order valence-corrected chi connectivity index (χ4v) is 11.6. The first-order chi connectivity index (χ1) is 34.1. The number of aryl methyl sites for hydroxylation is 2. The molecule has 20 nitrogen and oxygen atoms in total. The van der Waals surface area contributed by atoms with Crippen molar-refractivity contribution < 1.29 is 82.0 Å². The van der Waals surface area contributed by atoms with Crippen molar-refractivity contribution in [3.8, 4) is 0 Å². The van der Waals surface area contributed by atoms with E-state index < -0.39 is 80.3 Å². The molecule has 0 aromatic carbocycles. The summed E-state index contributed by atoms with van der Waals surface area (Å²) in [7, 11) is -8.59. The van der Waals surface area contributed by atoms with Gasteiger partial charge in [0.2, 0.25) is 11.2 Å². The number of ether oxygens (including phenoxy) is 2. The van der Waals surface area contributed by atoms with Crippen LogP contribution in [0.2, 0.25) is 10.3 Å². The molecule has 2 aliphatic heterocycles. The lowest BCUT2D eigenvalue weighted by Crippen LogP contribution is -2.43. The van der Waals surface area contributed by atoms with Gasteiger partial charge >= 0.3 is 36.2 Å². The summed E-state index contributed by atoms with van der Waals surface area (Å²) >= 11 is 12.2. The first-order valence-electron chi connectivity index (χ1n) is 22.6. The van der Waals surface area contributed by atoms with Gasteiger partial charge in [-0.3, -0.25) is 47.1 Å². The third-order valence-corrected chi connectivity index (χ3v) is 16.2. The topological polar surface area (TPSA) is 263 Å². The van der Waals surface area contributed by atoms with Gasteiger partial charge in [-0.25, -0.2) is 16.8 Å². The van der Waals surface area contributed by atoms with E-state index in [2.05, 4.69) is 29.6 Å². The maximum absolute atomic E-state index is 13.6. The number of fused-ring (bicyclic) bond motifs is 2. The number of sulfonamides is 2. The summed E-state index contributed by atoms with van der Waals surface area (Å²) in [6.07, 6.45) is -5.12. The quantitative estimate of drug-likeness (QED) is 0.0736. The van der Waals surface area contributed by atoms with Crippen molar-refractivity contribution in [1.82, 2.24) is 29.5 Å². The van der Waals surface area contributed by atoms with Crippen LogP contribution in [0.15, 0.2) is 46.7 Å². The Labute approximate surface area is 431 Å². The molecule has 30 heteroatoms. The Kier molecular flexibility index (Phi) is 18.1. The second kappa shape index (κ2) is 22.6. The highest BCUT2D eigenvalue weighted by atomic mass is 35.5. The number of anilines is 2. The van der Waals surface area contributed by atoms with Crippen LogP contribution in [0, 0.1) is 11.8 Å². The van der Waals surface area contributed by atoms with Crippen LogP contribution in [0.25, 0.3) is 0 Å². The van der Waals surface area contributed by atoms with Gasteiger partial charge in [0.1, 0.15) is 9.79 Å². The zero-order valence-corrected chi connectivity index (χ0v) is 43.6. The Bertz CT molecular complexity index is 2790. The molecule has 2 atom stereocenters. The molecule has 0 aliphatic carbocycles. The number of carboxylic acid groups (broad SMARTS) is 2. The smallest absolute Gasteiger partial charge is 0.427 e. The van der Waals surface area contributed by atoms with Crippen molar-refractivity contribution in [2.75, 3.05) is 21.7 Å². The predicted molar refractivity (Wildman–Crippen MR) is 251 cm³/mol. The summed E-state index contributed by atoms with van der Waals surface area (Å²) in [6.45, 7) is 6.91. The SMILES string of the molecule is CCn1cc(S(=O)(=O)N2C[C@@H](CCC(=O)O)Cc3ncc(CC(=O)OC(C)(C)C(F)(F)F)cc32)c(Cl)n1.CCn1cc(S(=O)(=O)N2C[C@H](CCC(=O)O)Cc3ncc(CC(=O)OC(C)(C)C(F)(F)F)cc32)c(Cl)n1. The number of carbonyl (C=O) groups is 4. The van der Waals surface area contributed by atoms with Crippen LogP contribution in [0.1, 0.15) is 89.7 Å². The van der Waals surface area contributed by atoms with Crippen molar-refractivity contribution >= 4 is 78.5 Å². The molecular formula is C44H52Cl2F6N8O12S2. The molecule has 6 heterocycles. The van der Waals surface area contributed by atoms with Crippen molar-refractivity contribution in [2.24, 2.45) is 11.8 Å². The first-order valence-corrected chi connectivity index (χ1v) is 26.2. The van der Waals surface area contributed by atoms with Gasteiger partial charge in [-0.15, -0.1) is 0 Å². The lowest BCUT2D eigenvalue weighted by atomic mass is 9.93. The summed E-state index contributed by atoms with van der Waals surface area (Å²) < 4.78 is 147. The van der Waals surface area contributed by atoms with E-state index in [-0.39, 0.29) is 106 Å². The fourth-order valence-electron chi connectivity index (χ4n) is 7.58. The lowest BCUT2D eigenvalue weighted by molar-refractivity contribution is -0.257. The predicted octanol–water partition coefficient (Wildman–Crippen LogP) is 7.22. The molecular weight excluding hydrogens is 1080 g/mol. The number of halogens is 8. The normalized spacial score (nSPS) is 16.4. The minimum atomic E-state index is -4.78. The number of nitrogens with zero attached hydrogens (tertiary/aromatic N) is 8. The Morgan fingerprint density at radius 3 is 1.27 bits per heavy atom. The van der Waals surface area contributed by atoms with E-state index in [0.717, 1.165) is 36.3 Å². The molecule has 0 amide bonds. The Morgan fingerprint density at radius 1 is 0.649 bits per heavy atom. The average molecular weight is 1130 g/mol. The molecule has 0 saturated carbocycles. The van der Waals surface area contributed by atoms with Crippen molar-refractivity contribution in [1.29, 1.82) is 0 Å². The maximum Gasteiger partial charge on any atom is 0.427 e. The molecule has 4 aromatic rings. The molecule has 4 aromatic heterocycles. The van der Waals surface area contributed by atoms with Gasteiger partial charge in [0.25, 0.3) is 20.0 Å². The van der Waals surface area contributed by atoms with E-state index >= 15 is 0 Å². The van der Waals surface area contributed by atoms with Gasteiger partial charge in [-0.2, -0.15) is 36.5 Å². The zero-order chi connectivity index (χ0) is 55.5. The zero-order valence-electron chi connectivity index (χ0n) is 40.5. The summed E-state index contributed by atoms with van der Waals surface area (Å²) in [5.74, 6) is -5.16. The highest BCUT2D eigenvalue weighted by Gasteiger charge is 2.52. The van der Waals surface area contributed by atoms with Crippen LogP contribution in [-0.4, -0.2) is 117 Å². The van der Waals surface area contributed by atoms with Gasteiger partial charge in [0.15, 0.2) is 10.3 Å². The van der Waals surface area contributed by atoms with Crippen LogP contribution < -0.4 is 8.61 Å². The summed E-state index contributed by atoms with van der Waals surface area (Å²) in [5.41, 5.74) is -4.25. The van der Waals surface area contributed by atoms with E-state index in [1.54, 1.807) is 13.8 Å². The molecule has 0 bridgehead atoms. The minimum absolute atomic E-state index is 0.0903. The molecule has 0 radical (unpaired) electrons. The molecule has 0 spiro atoms. The number of hydrogen-bond donors (Lipinski definition) is 2. The molecule has 2 aliphatic rings. The molecule has 2 N–H and O–H groups in total. The van der Waals surface area contributed by atoms with Gasteiger partial charge in [0, 0.05) is 63.8 Å². The van der Waals surface area contributed by atoms with Crippen LogP contribution in [0.3, 0.4) is 0 Å². The van der Waals surface area contributed by atoms with E-state index in [1.165, 1.54) is 46.3 Å². The third kappa shape index (κ3) is 13.9. The third-order valence-electron chi connectivity index (χ3n) is 11.8. The highest BCUT2D eigenvalue weighted by Crippen LogP contribution is 2.40. The maximum atomic E-state index is 13.6. The van der Waals surface area contributed by atoms with E-state index in [4.69, 9.17) is 33.4 Å². The van der Waals surface area contributed by atoms with Gasteiger partial charge in [-0.05, 0) is 102 Å². The molecule has 74 heavy (non-hydrogen) atoms. The Balaban J connectivity index is 0.000000274. The number of aliphatic carboxylic acids is 2. The molecule has 0 fully saturated rings. The molecule has 6 rings (SSSR count). The second-order valence-corrected chi connectivity index (χ2v) is 22.7. The Morgan fingerprint density at radius 2 is 0.986 bits per heavy atom. The summed E-state index contributed by atoms with van der Waals surface area (Å²) in [6, 6.07) is 2.71. The number of aromatic nitrogens is 6. The Hall–Kier alpha value is -5.74. The summed E-state index contributed by atoms with van der Waals surface area (Å²) in [4.78, 5) is 54.7. The van der Waals surface area contributed by atoms with Crippen molar-refractivity contribution in [3.05, 3.63) is 69.7 Å². The van der Waals surface area contributed by atoms with E-state index in [9.17, 15) is 62.4 Å². The molecule has 0 unspecified atom stereocenters. The fraction of sp³-hybridized carbons (Fsp3) is 0.545. The number of hydrogen-bond acceptors (Lipinski definition) is 14. The van der Waals surface area contributed by atoms with Crippen LogP contribution in [-0.2, 0) is 87.5 Å². The first kappa shape index (κ1) is 59.1. The van der Waals surface area contributed by atoms with Gasteiger partial charge in [0.05, 0.1) is 35.6 Å². The number of alkyl halides is 6. The number of esters is 2. The minimum Gasteiger partial charge on any atom is -0.481 e.